The summed E-state index contributed by atoms with van der Waals surface area (Å²) >= 11 is 2.20. The number of hydrogen-bond donors (Lipinski definition) is 2. The number of fused-ring (bicyclic) bond motifs is 1. The maximum Gasteiger partial charge on any atom is 0.228 e. The van der Waals surface area contributed by atoms with Gasteiger partial charge in [0.2, 0.25) is 5.91 Å². The fraction of sp³-hybridized carbons (Fsp3) is 0.0714. The minimum absolute atomic E-state index is 0.0131. The monoisotopic (exact) mass is 366 g/mol. The van der Waals surface area contributed by atoms with Crippen LogP contribution < -0.4 is 15.8 Å². The Bertz CT molecular complexity index is 670. The van der Waals surface area contributed by atoms with Gasteiger partial charge >= 0.3 is 0 Å². The molecule has 0 aliphatic carbocycles. The van der Waals surface area contributed by atoms with Gasteiger partial charge in [-0.25, -0.2) is 0 Å². The lowest BCUT2D eigenvalue weighted by molar-refractivity contribution is -0.115. The largest absolute Gasteiger partial charge is 0.454 e. The van der Waals surface area contributed by atoms with E-state index in [2.05, 4.69) is 27.9 Å². The SMILES string of the molecule is Nc1cc2c(cc1Oc1ccccc1I)NC(=O)C2. The normalized spacial score (nSPS) is 13.0. The molecule has 0 radical (unpaired) electrons. The number of nitrogens with two attached hydrogens (primary N) is 1. The Morgan fingerprint density at radius 1 is 1.21 bits per heavy atom. The summed E-state index contributed by atoms with van der Waals surface area (Å²) in [7, 11) is 0. The van der Waals surface area contributed by atoms with Crippen LogP contribution in [0.5, 0.6) is 11.5 Å². The van der Waals surface area contributed by atoms with E-state index < -0.39 is 0 Å². The first-order valence-corrected chi connectivity index (χ1v) is 6.86. The first-order chi connectivity index (χ1) is 9.13. The van der Waals surface area contributed by atoms with Crippen LogP contribution in [0.3, 0.4) is 0 Å². The molecule has 2 aromatic rings. The summed E-state index contributed by atoms with van der Waals surface area (Å²) in [4.78, 5) is 11.3. The first-order valence-electron chi connectivity index (χ1n) is 5.78. The third-order valence-electron chi connectivity index (χ3n) is 2.92. The molecule has 19 heavy (non-hydrogen) atoms. The minimum Gasteiger partial charge on any atom is -0.454 e. The van der Waals surface area contributed by atoms with E-state index in [9.17, 15) is 4.79 Å². The Balaban J connectivity index is 1.97. The molecule has 0 atom stereocenters. The van der Waals surface area contributed by atoms with Crippen molar-refractivity contribution in [3.63, 3.8) is 0 Å². The number of carbonyl (C=O) groups is 1. The molecule has 3 N–H and O–H groups in total. The van der Waals surface area contributed by atoms with Gasteiger partial charge in [-0.2, -0.15) is 0 Å². The van der Waals surface area contributed by atoms with Crippen molar-refractivity contribution in [3.8, 4) is 11.5 Å². The van der Waals surface area contributed by atoms with Crippen LogP contribution in [0.1, 0.15) is 5.56 Å². The molecule has 2 aromatic carbocycles. The van der Waals surface area contributed by atoms with E-state index in [0.717, 1.165) is 20.6 Å². The predicted octanol–water partition coefficient (Wildman–Crippen LogP) is 3.16. The second kappa shape index (κ2) is 4.73. The van der Waals surface area contributed by atoms with Gasteiger partial charge in [-0.05, 0) is 46.4 Å². The molecule has 96 valence electrons. The highest BCUT2D eigenvalue weighted by molar-refractivity contribution is 14.1. The topological polar surface area (TPSA) is 64.3 Å². The highest BCUT2D eigenvalue weighted by Crippen LogP contribution is 2.36. The lowest BCUT2D eigenvalue weighted by atomic mass is 10.1. The molecule has 0 bridgehead atoms. The first kappa shape index (κ1) is 12.3. The Morgan fingerprint density at radius 3 is 2.79 bits per heavy atom. The summed E-state index contributed by atoms with van der Waals surface area (Å²) < 4.78 is 6.82. The number of amides is 1. The molecule has 0 unspecified atom stereocenters. The molecule has 4 nitrogen and oxygen atoms in total. The van der Waals surface area contributed by atoms with E-state index in [4.69, 9.17) is 10.5 Å². The van der Waals surface area contributed by atoms with Gasteiger partial charge in [-0.1, -0.05) is 12.1 Å². The van der Waals surface area contributed by atoms with Gasteiger partial charge in [0.05, 0.1) is 15.7 Å². The molecule has 0 saturated carbocycles. The molecule has 0 spiro atoms. The van der Waals surface area contributed by atoms with Crippen molar-refractivity contribution in [2.24, 2.45) is 0 Å². The van der Waals surface area contributed by atoms with E-state index in [-0.39, 0.29) is 5.91 Å². The van der Waals surface area contributed by atoms with E-state index in [1.54, 1.807) is 12.1 Å². The molecule has 1 aliphatic rings. The summed E-state index contributed by atoms with van der Waals surface area (Å²) in [5, 5.41) is 2.79. The van der Waals surface area contributed by atoms with Crippen LogP contribution in [0, 0.1) is 3.57 Å². The number of para-hydroxylation sites is 1. The number of hydrogen-bond acceptors (Lipinski definition) is 3. The molecule has 5 heteroatoms. The third-order valence-corrected chi connectivity index (χ3v) is 3.81. The van der Waals surface area contributed by atoms with Crippen LogP contribution in [0.25, 0.3) is 0 Å². The van der Waals surface area contributed by atoms with Gasteiger partial charge < -0.3 is 15.8 Å². The maximum absolute atomic E-state index is 11.3. The molecular weight excluding hydrogens is 355 g/mol. The zero-order valence-corrected chi connectivity index (χ0v) is 12.1. The molecule has 1 amide bonds. The summed E-state index contributed by atoms with van der Waals surface area (Å²) in [5.41, 5.74) is 8.20. The van der Waals surface area contributed by atoms with Crippen molar-refractivity contribution >= 4 is 39.9 Å². The molecular formula is C14H11IN2O2. The van der Waals surface area contributed by atoms with Gasteiger partial charge in [0.1, 0.15) is 5.75 Å². The maximum atomic E-state index is 11.3. The average molecular weight is 366 g/mol. The number of ether oxygens (including phenoxy) is 1. The Kier molecular flexibility index (Phi) is 3.06. The second-order valence-corrected chi connectivity index (χ2v) is 5.47. The number of carbonyl (C=O) groups excluding carboxylic acids is 1. The Morgan fingerprint density at radius 2 is 2.00 bits per heavy atom. The van der Waals surface area contributed by atoms with Gasteiger partial charge in [-0.15, -0.1) is 0 Å². The van der Waals surface area contributed by atoms with Crippen molar-refractivity contribution in [2.45, 2.75) is 6.42 Å². The lowest BCUT2D eigenvalue weighted by Crippen LogP contribution is -2.03. The van der Waals surface area contributed by atoms with Crippen LogP contribution in [0.4, 0.5) is 11.4 Å². The van der Waals surface area contributed by atoms with Gasteiger partial charge in [0.15, 0.2) is 5.75 Å². The molecule has 1 heterocycles. The van der Waals surface area contributed by atoms with Crippen LogP contribution in [0.15, 0.2) is 36.4 Å². The third kappa shape index (κ3) is 2.37. The number of nitrogen functional groups attached to an aromatic ring is 1. The predicted molar refractivity (Wildman–Crippen MR) is 82.4 cm³/mol. The summed E-state index contributed by atoms with van der Waals surface area (Å²) in [5.74, 6) is 1.30. The summed E-state index contributed by atoms with van der Waals surface area (Å²) in [6.07, 6.45) is 0.378. The Labute approximate surface area is 124 Å². The van der Waals surface area contributed by atoms with Crippen LogP contribution >= 0.6 is 22.6 Å². The van der Waals surface area contributed by atoms with Crippen molar-refractivity contribution < 1.29 is 9.53 Å². The number of nitrogens with one attached hydrogen (secondary N) is 1. The van der Waals surface area contributed by atoms with Gasteiger partial charge in [0, 0.05) is 11.8 Å². The quantitative estimate of drug-likeness (QED) is 0.634. The zero-order chi connectivity index (χ0) is 13.4. The highest BCUT2D eigenvalue weighted by Gasteiger charge is 2.20. The lowest BCUT2D eigenvalue weighted by Gasteiger charge is -2.11. The van der Waals surface area contributed by atoms with Crippen LogP contribution in [-0.4, -0.2) is 5.91 Å². The fourth-order valence-electron chi connectivity index (χ4n) is 2.01. The molecule has 0 saturated heterocycles. The zero-order valence-electron chi connectivity index (χ0n) is 9.94. The second-order valence-electron chi connectivity index (χ2n) is 4.30. The average Bonchev–Trinajstić information content (AvgIpc) is 2.71. The number of halogens is 1. The molecule has 0 fully saturated rings. The molecule has 1 aliphatic heterocycles. The molecule has 3 rings (SSSR count). The number of rotatable bonds is 2. The number of anilines is 2. The highest BCUT2D eigenvalue weighted by atomic mass is 127. The number of benzene rings is 2. The van der Waals surface area contributed by atoms with Crippen molar-refractivity contribution in [3.05, 3.63) is 45.5 Å². The van der Waals surface area contributed by atoms with Crippen molar-refractivity contribution in [1.82, 2.24) is 0 Å². The van der Waals surface area contributed by atoms with Crippen molar-refractivity contribution in [1.29, 1.82) is 0 Å². The van der Waals surface area contributed by atoms with E-state index in [1.807, 2.05) is 24.3 Å². The van der Waals surface area contributed by atoms with Gasteiger partial charge in [-0.3, -0.25) is 4.79 Å². The smallest absolute Gasteiger partial charge is 0.228 e. The molecule has 0 aromatic heterocycles. The van der Waals surface area contributed by atoms with Crippen LogP contribution in [-0.2, 0) is 11.2 Å². The summed E-state index contributed by atoms with van der Waals surface area (Å²) in [6.45, 7) is 0. The standard InChI is InChI=1S/C14H11IN2O2/c15-9-3-1-2-4-12(9)19-13-7-11-8(5-10(13)16)6-14(18)17-11/h1-5,7H,6,16H2,(H,17,18). The van der Waals surface area contributed by atoms with Gasteiger partial charge in [0.25, 0.3) is 0 Å². The van der Waals surface area contributed by atoms with E-state index in [0.29, 0.717) is 17.9 Å². The van der Waals surface area contributed by atoms with E-state index in [1.165, 1.54) is 0 Å². The van der Waals surface area contributed by atoms with Crippen LogP contribution in [0.2, 0.25) is 0 Å². The van der Waals surface area contributed by atoms with Crippen molar-refractivity contribution in [2.75, 3.05) is 11.1 Å². The fourth-order valence-corrected chi connectivity index (χ4v) is 2.51. The Hall–Kier alpha value is -1.76. The summed E-state index contributed by atoms with van der Waals surface area (Å²) in [6, 6.07) is 11.3. The minimum atomic E-state index is -0.0131. The van der Waals surface area contributed by atoms with E-state index >= 15 is 0 Å².